The van der Waals surface area contributed by atoms with Crippen molar-refractivity contribution in [1.29, 1.82) is 0 Å². The van der Waals surface area contributed by atoms with E-state index in [2.05, 4.69) is 13.8 Å². The molecule has 0 fully saturated rings. The summed E-state index contributed by atoms with van der Waals surface area (Å²) in [6.07, 6.45) is 1.08. The van der Waals surface area contributed by atoms with Crippen LogP contribution in [-0.4, -0.2) is 5.11 Å². The summed E-state index contributed by atoms with van der Waals surface area (Å²) in [5.41, 5.74) is 1.29. The Hall–Kier alpha value is 0.0719. The zero-order valence-corrected chi connectivity index (χ0v) is 11.7. The number of hydrogen-bond donors (Lipinski definition) is 1. The van der Waals surface area contributed by atoms with E-state index in [0.29, 0.717) is 11.7 Å². The first-order valence-corrected chi connectivity index (χ1v) is 3.96. The van der Waals surface area contributed by atoms with E-state index < -0.39 is 0 Å². The van der Waals surface area contributed by atoms with Crippen LogP contribution in [0.5, 0.6) is 5.75 Å². The fourth-order valence-electron chi connectivity index (χ4n) is 1.10. The first-order chi connectivity index (χ1) is 5.18. The molecule has 0 spiro atoms. The van der Waals surface area contributed by atoms with Crippen molar-refractivity contribution in [2.45, 2.75) is 20.3 Å². The van der Waals surface area contributed by atoms with Crippen molar-refractivity contribution in [3.8, 4) is 5.75 Å². The topological polar surface area (TPSA) is 20.2 Å². The molecule has 1 rings (SSSR count). The third-order valence-electron chi connectivity index (χ3n) is 1.58. The summed E-state index contributed by atoms with van der Waals surface area (Å²) in [6.45, 7) is 4.37. The molecular weight excluding hydrogens is 374 g/mol. The van der Waals surface area contributed by atoms with Gasteiger partial charge in [0.05, 0.1) is 0 Å². The summed E-state index contributed by atoms with van der Waals surface area (Å²) in [5.74, 6) is 1.03. The average Bonchev–Trinajstić information content (AvgIpc) is 1.93. The van der Waals surface area contributed by atoms with Gasteiger partial charge in [0.2, 0.25) is 0 Å². The Morgan fingerprint density at radius 1 is 1.17 bits per heavy atom. The molecule has 0 saturated carbocycles. The van der Waals surface area contributed by atoms with E-state index in [1.165, 1.54) is 5.56 Å². The summed E-state index contributed by atoms with van der Waals surface area (Å²) in [4.78, 5) is 0. The van der Waals surface area contributed by atoms with Crippen molar-refractivity contribution in [3.63, 3.8) is 0 Å². The van der Waals surface area contributed by atoms with Gasteiger partial charge < -0.3 is 5.11 Å². The number of rotatable bonds is 2. The quantitative estimate of drug-likeness (QED) is 0.826. The van der Waals surface area contributed by atoms with Crippen LogP contribution in [0, 0.1) is 37.0 Å². The fourth-order valence-corrected chi connectivity index (χ4v) is 1.10. The molecule has 1 N–H and O–H groups in total. The summed E-state index contributed by atoms with van der Waals surface area (Å²) in [5, 5.41) is 8.99. The minimum atomic E-state index is 0. The smallest absolute Gasteiger partial charge is 0.115 e. The third kappa shape index (κ3) is 4.19. The van der Waals surface area contributed by atoms with Gasteiger partial charge in [0.15, 0.2) is 0 Å². The normalized spacial score (nSPS) is 9.58. The number of aromatic hydroxyl groups is 1. The number of phenolic OH excluding ortho intramolecular Hbond substituents is 1. The van der Waals surface area contributed by atoms with Crippen LogP contribution >= 0.6 is 0 Å². The van der Waals surface area contributed by atoms with Gasteiger partial charge in [-0.25, -0.2) is 0 Å². The van der Waals surface area contributed by atoms with Gasteiger partial charge in [-0.1, -0.05) is 26.0 Å². The molecule has 1 aromatic carbocycles. The Balaban J connectivity index is 0.00000121. The van der Waals surface area contributed by atoms with Crippen molar-refractivity contribution in [2.75, 3.05) is 0 Å². The number of hydrogen-bond acceptors (Lipinski definition) is 1. The largest absolute Gasteiger partial charge is 0.508 e. The maximum Gasteiger partial charge on any atom is 0.115 e. The van der Waals surface area contributed by atoms with Crippen LogP contribution in [-0.2, 0) is 6.42 Å². The summed E-state index contributed by atoms with van der Waals surface area (Å²) in [6, 6.07) is 7.40. The van der Waals surface area contributed by atoms with E-state index in [9.17, 15) is 0 Å². The van der Waals surface area contributed by atoms with Gasteiger partial charge in [0.25, 0.3) is 0 Å². The van der Waals surface area contributed by atoms with Gasteiger partial charge in [-0.2, -0.15) is 0 Å². The minimum Gasteiger partial charge on any atom is -0.508 e. The Labute approximate surface area is 97.6 Å². The van der Waals surface area contributed by atoms with Gasteiger partial charge >= 0.3 is 0 Å². The Bertz CT molecular complexity index is 216. The molecule has 1 aromatic rings. The van der Waals surface area contributed by atoms with Crippen LogP contribution in [0.2, 0.25) is 0 Å². The first-order valence-electron chi connectivity index (χ1n) is 3.96. The maximum atomic E-state index is 8.99. The SMILES string of the molecule is CC(C)Cc1ccc(O)cc1.[U]. The van der Waals surface area contributed by atoms with Crippen LogP contribution in [0.1, 0.15) is 19.4 Å². The van der Waals surface area contributed by atoms with Crippen molar-refractivity contribution < 1.29 is 36.2 Å². The van der Waals surface area contributed by atoms with E-state index >= 15 is 0 Å². The molecule has 12 heavy (non-hydrogen) atoms. The van der Waals surface area contributed by atoms with Crippen molar-refractivity contribution in [2.24, 2.45) is 5.92 Å². The Morgan fingerprint density at radius 2 is 1.67 bits per heavy atom. The standard InChI is InChI=1S/C10H14O.U/c1-8(2)7-9-3-5-10(11)6-4-9;/h3-6,8,11H,7H2,1-2H3;. The molecule has 0 aromatic heterocycles. The number of phenols is 1. The van der Waals surface area contributed by atoms with Gasteiger partial charge in [-0.05, 0) is 30.0 Å². The monoisotopic (exact) mass is 388 g/mol. The predicted molar refractivity (Wildman–Crippen MR) is 46.6 cm³/mol. The average molecular weight is 388 g/mol. The van der Waals surface area contributed by atoms with Crippen LogP contribution in [0.4, 0.5) is 0 Å². The first kappa shape index (κ1) is 12.1. The molecule has 0 aliphatic carbocycles. The van der Waals surface area contributed by atoms with Crippen LogP contribution < -0.4 is 0 Å². The van der Waals surface area contributed by atoms with E-state index in [0.717, 1.165) is 6.42 Å². The van der Waals surface area contributed by atoms with Gasteiger partial charge in [-0.15, -0.1) is 0 Å². The fraction of sp³-hybridized carbons (Fsp3) is 0.400. The molecule has 1 nitrogen and oxygen atoms in total. The van der Waals surface area contributed by atoms with E-state index in [1.807, 2.05) is 12.1 Å². The van der Waals surface area contributed by atoms with E-state index in [-0.39, 0.29) is 31.1 Å². The second kappa shape index (κ2) is 5.67. The second-order valence-electron chi connectivity index (χ2n) is 3.26. The van der Waals surface area contributed by atoms with Crippen molar-refractivity contribution in [3.05, 3.63) is 29.8 Å². The van der Waals surface area contributed by atoms with Crippen molar-refractivity contribution in [1.82, 2.24) is 0 Å². The van der Waals surface area contributed by atoms with Gasteiger partial charge in [0.1, 0.15) is 5.75 Å². The number of benzene rings is 1. The molecule has 64 valence electrons. The second-order valence-corrected chi connectivity index (χ2v) is 3.26. The molecule has 0 amide bonds. The molecule has 0 heterocycles. The molecule has 0 unspecified atom stereocenters. The zero-order valence-electron chi connectivity index (χ0n) is 7.54. The van der Waals surface area contributed by atoms with Crippen LogP contribution in [0.15, 0.2) is 24.3 Å². The van der Waals surface area contributed by atoms with Gasteiger partial charge in [0, 0.05) is 31.1 Å². The van der Waals surface area contributed by atoms with Gasteiger partial charge in [-0.3, -0.25) is 0 Å². The van der Waals surface area contributed by atoms with E-state index in [4.69, 9.17) is 5.11 Å². The predicted octanol–water partition coefficient (Wildman–Crippen LogP) is 2.59. The molecule has 0 radical (unpaired) electrons. The molecule has 0 saturated heterocycles. The molecule has 2 heteroatoms. The molecule has 0 atom stereocenters. The summed E-state index contributed by atoms with van der Waals surface area (Å²) >= 11 is 0. The summed E-state index contributed by atoms with van der Waals surface area (Å²) in [7, 11) is 0. The maximum absolute atomic E-state index is 8.99. The molecular formula is C10H14OU. The molecule has 0 bridgehead atoms. The Kier molecular flexibility index (Phi) is 5.71. The minimum absolute atomic E-state index is 0. The zero-order chi connectivity index (χ0) is 8.27. The third-order valence-corrected chi connectivity index (χ3v) is 1.58. The Morgan fingerprint density at radius 3 is 2.08 bits per heavy atom. The molecule has 0 aliphatic heterocycles. The van der Waals surface area contributed by atoms with Crippen molar-refractivity contribution >= 4 is 0 Å². The molecule has 0 aliphatic rings. The summed E-state index contributed by atoms with van der Waals surface area (Å²) < 4.78 is 0. The van der Waals surface area contributed by atoms with Crippen LogP contribution in [0.25, 0.3) is 0 Å². The van der Waals surface area contributed by atoms with Crippen LogP contribution in [0.3, 0.4) is 0 Å². The van der Waals surface area contributed by atoms with E-state index in [1.54, 1.807) is 12.1 Å².